The van der Waals surface area contributed by atoms with Crippen LogP contribution in [0, 0.1) is 0 Å². The predicted molar refractivity (Wildman–Crippen MR) is 83.7 cm³/mol. The zero-order valence-corrected chi connectivity index (χ0v) is 12.7. The Balaban J connectivity index is 1.94. The molecule has 0 aromatic rings. The fraction of sp³-hybridized carbons (Fsp3) is 1.00. The van der Waals surface area contributed by atoms with E-state index < -0.39 is 0 Å². The molecule has 0 aromatic heterocycles. The Labute approximate surface area is 114 Å². The molecule has 2 saturated heterocycles. The number of nitrogens with one attached hydrogen (secondary N) is 1. The van der Waals surface area contributed by atoms with Crippen molar-refractivity contribution in [2.24, 2.45) is 0 Å². The summed E-state index contributed by atoms with van der Waals surface area (Å²) >= 11 is 0. The molecule has 2 heterocycles. The van der Waals surface area contributed by atoms with E-state index in [0.29, 0.717) is 11.4 Å². The van der Waals surface area contributed by atoms with Gasteiger partial charge in [0.25, 0.3) is 0 Å². The molecule has 0 aliphatic carbocycles. The molecular formula is C13H29B2N3. The Morgan fingerprint density at radius 1 is 1.11 bits per heavy atom. The topological polar surface area (TPSA) is 18.5 Å². The summed E-state index contributed by atoms with van der Waals surface area (Å²) in [5.41, 5.74) is 0. The van der Waals surface area contributed by atoms with Crippen LogP contribution in [-0.4, -0.2) is 75.6 Å². The van der Waals surface area contributed by atoms with Gasteiger partial charge in [0.2, 0.25) is 0 Å². The second-order valence-electron chi connectivity index (χ2n) is 6.87. The molecule has 0 bridgehead atoms. The molecule has 2 fully saturated rings. The van der Waals surface area contributed by atoms with Gasteiger partial charge in [-0.3, -0.25) is 0 Å². The van der Waals surface area contributed by atoms with Crippen LogP contribution in [0.1, 0.15) is 33.1 Å². The zero-order valence-electron chi connectivity index (χ0n) is 12.7. The zero-order chi connectivity index (χ0) is 13.2. The fourth-order valence-corrected chi connectivity index (χ4v) is 3.56. The molecule has 1 N–H and O–H groups in total. The second-order valence-corrected chi connectivity index (χ2v) is 6.87. The quantitative estimate of drug-likeness (QED) is 0.638. The van der Waals surface area contributed by atoms with E-state index in [1.54, 1.807) is 0 Å². The van der Waals surface area contributed by atoms with Gasteiger partial charge in [-0.05, 0) is 58.1 Å². The Hall–Kier alpha value is 0.00987. The lowest BCUT2D eigenvalue weighted by Gasteiger charge is -2.47. The Kier molecular flexibility index (Phi) is 4.79. The molecule has 18 heavy (non-hydrogen) atoms. The molecule has 102 valence electrons. The first-order chi connectivity index (χ1) is 8.50. The molecule has 0 amide bonds. The van der Waals surface area contributed by atoms with Crippen molar-refractivity contribution in [1.82, 2.24) is 15.1 Å². The van der Waals surface area contributed by atoms with Crippen LogP contribution in [-0.2, 0) is 0 Å². The summed E-state index contributed by atoms with van der Waals surface area (Å²) in [6.45, 7) is 10.8. The molecule has 2 rings (SSSR count). The van der Waals surface area contributed by atoms with Gasteiger partial charge in [0.05, 0.1) is 0 Å². The van der Waals surface area contributed by atoms with Gasteiger partial charge in [-0.25, -0.2) is 0 Å². The number of likely N-dealkylation sites (tertiary alicyclic amines) is 1. The van der Waals surface area contributed by atoms with Crippen molar-refractivity contribution >= 4 is 15.7 Å². The maximum Gasteiger partial charge on any atom is 0.117 e. The summed E-state index contributed by atoms with van der Waals surface area (Å²) in [4.78, 5) is 5.41. The highest BCUT2D eigenvalue weighted by atomic mass is 15.2. The van der Waals surface area contributed by atoms with Crippen LogP contribution in [0.15, 0.2) is 0 Å². The van der Waals surface area contributed by atoms with Crippen LogP contribution in [0.3, 0.4) is 0 Å². The Morgan fingerprint density at radius 3 is 2.39 bits per heavy atom. The highest BCUT2D eigenvalue weighted by Crippen LogP contribution is 2.24. The van der Waals surface area contributed by atoms with E-state index in [2.05, 4.69) is 44.7 Å². The summed E-state index contributed by atoms with van der Waals surface area (Å²) in [6, 6.07) is 1.51. The first-order valence-electron chi connectivity index (χ1n) is 7.72. The highest BCUT2D eigenvalue weighted by Gasteiger charge is 2.35. The SMILES string of the molecule is BC1(B)CCNCCN1C1CCN(C(C)C)CC1. The van der Waals surface area contributed by atoms with Crippen molar-refractivity contribution < 1.29 is 0 Å². The molecule has 0 unspecified atom stereocenters. The third-order valence-electron chi connectivity index (χ3n) is 4.89. The first kappa shape index (κ1) is 14.4. The van der Waals surface area contributed by atoms with Gasteiger partial charge in [0.15, 0.2) is 0 Å². The van der Waals surface area contributed by atoms with E-state index in [9.17, 15) is 0 Å². The normalized spacial score (nSPS) is 28.4. The van der Waals surface area contributed by atoms with Crippen LogP contribution in [0.25, 0.3) is 0 Å². The van der Waals surface area contributed by atoms with E-state index in [0.717, 1.165) is 12.6 Å². The lowest BCUT2D eigenvalue weighted by atomic mass is 9.58. The molecule has 5 heteroatoms. The van der Waals surface area contributed by atoms with Crippen molar-refractivity contribution in [2.45, 2.75) is 50.5 Å². The minimum absolute atomic E-state index is 0.369. The number of piperidine rings is 1. The van der Waals surface area contributed by atoms with Crippen LogP contribution < -0.4 is 5.32 Å². The lowest BCUT2D eigenvalue weighted by Crippen LogP contribution is -2.58. The van der Waals surface area contributed by atoms with Crippen molar-refractivity contribution in [1.29, 1.82) is 0 Å². The van der Waals surface area contributed by atoms with Crippen molar-refractivity contribution in [3.8, 4) is 0 Å². The van der Waals surface area contributed by atoms with Gasteiger partial charge in [-0.2, -0.15) is 0 Å². The summed E-state index contributed by atoms with van der Waals surface area (Å²) in [5, 5.41) is 3.92. The average molecular weight is 249 g/mol. The summed E-state index contributed by atoms with van der Waals surface area (Å²) < 4.78 is 0. The monoisotopic (exact) mass is 249 g/mol. The van der Waals surface area contributed by atoms with E-state index in [-0.39, 0.29) is 0 Å². The molecule has 0 spiro atoms. The molecule has 3 nitrogen and oxygen atoms in total. The average Bonchev–Trinajstić information content (AvgIpc) is 2.50. The van der Waals surface area contributed by atoms with Gasteiger partial charge in [0, 0.05) is 25.2 Å². The van der Waals surface area contributed by atoms with Gasteiger partial charge < -0.3 is 15.1 Å². The first-order valence-corrected chi connectivity index (χ1v) is 7.72. The maximum absolute atomic E-state index is 3.55. The van der Waals surface area contributed by atoms with Gasteiger partial charge in [0.1, 0.15) is 15.7 Å². The molecule has 0 saturated carbocycles. The minimum atomic E-state index is 0.369. The minimum Gasteiger partial charge on any atom is -0.315 e. The van der Waals surface area contributed by atoms with Gasteiger partial charge in [-0.1, -0.05) is 0 Å². The van der Waals surface area contributed by atoms with Crippen LogP contribution in [0.2, 0.25) is 0 Å². The fourth-order valence-electron chi connectivity index (χ4n) is 3.56. The molecule has 0 radical (unpaired) electrons. The molecule has 0 atom stereocenters. The van der Waals surface area contributed by atoms with E-state index >= 15 is 0 Å². The molecule has 0 aromatic carbocycles. The Morgan fingerprint density at radius 2 is 1.78 bits per heavy atom. The lowest BCUT2D eigenvalue weighted by molar-refractivity contribution is 0.0765. The number of nitrogens with zero attached hydrogens (tertiary/aromatic N) is 2. The third kappa shape index (κ3) is 3.31. The van der Waals surface area contributed by atoms with Crippen LogP contribution in [0.5, 0.6) is 0 Å². The highest BCUT2D eigenvalue weighted by molar-refractivity contribution is 6.40. The molecule has 2 aliphatic rings. The number of hydrogen-bond acceptors (Lipinski definition) is 3. The van der Waals surface area contributed by atoms with Crippen LogP contribution >= 0.6 is 0 Å². The molecule has 2 aliphatic heterocycles. The maximum atomic E-state index is 3.55. The largest absolute Gasteiger partial charge is 0.315 e. The van der Waals surface area contributed by atoms with Crippen molar-refractivity contribution in [2.75, 3.05) is 32.7 Å². The Bertz CT molecular complexity index is 263. The molecular weight excluding hydrogens is 220 g/mol. The second kappa shape index (κ2) is 5.98. The predicted octanol–water partition coefficient (Wildman–Crippen LogP) is -0.925. The summed E-state index contributed by atoms with van der Waals surface area (Å²) in [7, 11) is 4.85. The van der Waals surface area contributed by atoms with E-state index in [1.807, 2.05) is 0 Å². The van der Waals surface area contributed by atoms with Gasteiger partial charge >= 0.3 is 0 Å². The van der Waals surface area contributed by atoms with Crippen molar-refractivity contribution in [3.63, 3.8) is 0 Å². The third-order valence-corrected chi connectivity index (χ3v) is 4.89. The number of hydrogen-bond donors (Lipinski definition) is 1. The number of rotatable bonds is 2. The van der Waals surface area contributed by atoms with Crippen LogP contribution in [0.4, 0.5) is 0 Å². The summed E-state index contributed by atoms with van der Waals surface area (Å²) in [5.74, 6) is 0. The smallest absolute Gasteiger partial charge is 0.117 e. The summed E-state index contributed by atoms with van der Waals surface area (Å²) in [6.07, 6.45) is 3.97. The van der Waals surface area contributed by atoms with E-state index in [4.69, 9.17) is 0 Å². The standard InChI is InChI=1S/C13H29B2N3/c1-11(2)17-8-3-12(4-9-17)18-10-7-16-6-5-13(18,14)15/h11-12,16H,3-10,14-15H2,1-2H3. The van der Waals surface area contributed by atoms with Crippen molar-refractivity contribution in [3.05, 3.63) is 0 Å². The van der Waals surface area contributed by atoms with Gasteiger partial charge in [-0.15, -0.1) is 0 Å². The van der Waals surface area contributed by atoms with E-state index in [1.165, 1.54) is 45.4 Å².